The van der Waals surface area contributed by atoms with Crippen LogP contribution in [0.4, 0.5) is 5.69 Å². The highest BCUT2D eigenvalue weighted by Crippen LogP contribution is 2.26. The maximum Gasteiger partial charge on any atom is 0.335 e. The number of carboxylic acids is 1. The summed E-state index contributed by atoms with van der Waals surface area (Å²) < 4.78 is 27.0. The van der Waals surface area contributed by atoms with Gasteiger partial charge in [-0.05, 0) is 41.1 Å². The highest BCUT2D eigenvalue weighted by atomic mass is 79.9. The van der Waals surface area contributed by atoms with E-state index >= 15 is 0 Å². The van der Waals surface area contributed by atoms with E-state index in [0.717, 1.165) is 0 Å². The van der Waals surface area contributed by atoms with Crippen LogP contribution in [0, 0.1) is 6.92 Å². The smallest absolute Gasteiger partial charge is 0.335 e. The molecule has 0 unspecified atom stereocenters. The van der Waals surface area contributed by atoms with E-state index in [4.69, 9.17) is 5.11 Å². The quantitative estimate of drug-likeness (QED) is 0.772. The Balaban J connectivity index is 2.36. The molecular weight excluding hydrogens is 350 g/mol. The monoisotopic (exact) mass is 359 g/mol. The number of benzene rings is 1. The van der Waals surface area contributed by atoms with E-state index in [1.54, 1.807) is 6.92 Å². The molecule has 1 heterocycles. The number of rotatable bonds is 4. The van der Waals surface area contributed by atoms with Crippen LogP contribution in [0.5, 0.6) is 0 Å². The maximum atomic E-state index is 12.1. The molecule has 9 heteroatoms. The molecule has 0 aliphatic heterocycles. The number of nitrogens with zero attached hydrogens (tertiary/aromatic N) is 1. The number of aromatic amines is 1. The molecule has 2 aromatic rings. The summed E-state index contributed by atoms with van der Waals surface area (Å²) in [4.78, 5) is 10.8. The topological polar surface area (TPSA) is 112 Å². The van der Waals surface area contributed by atoms with Gasteiger partial charge in [0.2, 0.25) is 0 Å². The molecule has 1 aromatic carbocycles. The van der Waals surface area contributed by atoms with Crippen LogP contribution >= 0.6 is 15.9 Å². The van der Waals surface area contributed by atoms with Gasteiger partial charge in [-0.25, -0.2) is 13.2 Å². The molecule has 20 heavy (non-hydrogen) atoms. The molecule has 0 spiro atoms. The lowest BCUT2D eigenvalue weighted by molar-refractivity contribution is 0.0697. The van der Waals surface area contributed by atoms with Gasteiger partial charge in [0, 0.05) is 4.47 Å². The molecule has 106 valence electrons. The van der Waals surface area contributed by atoms with Crippen LogP contribution in [0.3, 0.4) is 0 Å². The second kappa shape index (κ2) is 5.25. The average Bonchev–Trinajstić information content (AvgIpc) is 2.78. The number of nitrogens with one attached hydrogen (secondary N) is 2. The molecule has 0 radical (unpaired) electrons. The van der Waals surface area contributed by atoms with Crippen molar-refractivity contribution in [3.8, 4) is 0 Å². The lowest BCUT2D eigenvalue weighted by atomic mass is 10.2. The molecule has 0 saturated carbocycles. The van der Waals surface area contributed by atoms with Gasteiger partial charge >= 0.3 is 5.97 Å². The van der Waals surface area contributed by atoms with E-state index in [9.17, 15) is 13.2 Å². The predicted octanol–water partition coefficient (Wildman–Crippen LogP) is 1.98. The van der Waals surface area contributed by atoms with E-state index in [-0.39, 0.29) is 16.1 Å². The van der Waals surface area contributed by atoms with E-state index in [1.807, 2.05) is 0 Å². The third kappa shape index (κ3) is 2.83. The van der Waals surface area contributed by atoms with Crippen molar-refractivity contribution in [2.24, 2.45) is 0 Å². The number of sulfonamides is 1. The van der Waals surface area contributed by atoms with Crippen LogP contribution in [0.2, 0.25) is 0 Å². The fraction of sp³-hybridized carbons (Fsp3) is 0.0909. The van der Waals surface area contributed by atoms with Crippen molar-refractivity contribution in [1.82, 2.24) is 10.2 Å². The molecule has 0 saturated heterocycles. The number of aryl methyl sites for hydroxylation is 1. The number of hydrogen-bond donors (Lipinski definition) is 3. The highest BCUT2D eigenvalue weighted by Gasteiger charge is 2.20. The molecule has 0 aliphatic rings. The van der Waals surface area contributed by atoms with Gasteiger partial charge in [-0.3, -0.25) is 9.82 Å². The van der Waals surface area contributed by atoms with Gasteiger partial charge < -0.3 is 5.11 Å². The summed E-state index contributed by atoms with van der Waals surface area (Å²) in [5.41, 5.74) is 0.714. The number of carbonyl (C=O) groups is 1. The molecule has 0 aliphatic carbocycles. The van der Waals surface area contributed by atoms with Crippen LogP contribution < -0.4 is 4.72 Å². The van der Waals surface area contributed by atoms with Crippen molar-refractivity contribution >= 4 is 37.6 Å². The first-order valence-electron chi connectivity index (χ1n) is 5.37. The van der Waals surface area contributed by atoms with E-state index < -0.39 is 16.0 Å². The summed E-state index contributed by atoms with van der Waals surface area (Å²) in [6.07, 6.45) is 1.21. The van der Waals surface area contributed by atoms with Crippen molar-refractivity contribution in [2.45, 2.75) is 11.8 Å². The van der Waals surface area contributed by atoms with Crippen LogP contribution in [-0.4, -0.2) is 29.7 Å². The Morgan fingerprint density at radius 2 is 2.15 bits per heavy atom. The third-order valence-electron chi connectivity index (χ3n) is 2.53. The molecular formula is C11H10BrN3O4S. The van der Waals surface area contributed by atoms with E-state index in [1.165, 1.54) is 24.4 Å². The van der Waals surface area contributed by atoms with Crippen LogP contribution in [-0.2, 0) is 10.0 Å². The summed E-state index contributed by atoms with van der Waals surface area (Å²) in [5.74, 6) is -1.09. The average molecular weight is 360 g/mol. The summed E-state index contributed by atoms with van der Waals surface area (Å²) in [5, 5.41) is 15.0. The minimum Gasteiger partial charge on any atom is -0.478 e. The zero-order valence-corrected chi connectivity index (χ0v) is 12.6. The first-order chi connectivity index (χ1) is 9.31. The molecule has 2 rings (SSSR count). The van der Waals surface area contributed by atoms with Crippen molar-refractivity contribution < 1.29 is 18.3 Å². The minimum absolute atomic E-state index is 0.0340. The second-order valence-electron chi connectivity index (χ2n) is 3.96. The highest BCUT2D eigenvalue weighted by molar-refractivity contribution is 9.10. The van der Waals surface area contributed by atoms with Crippen LogP contribution in [0.25, 0.3) is 0 Å². The largest absolute Gasteiger partial charge is 0.478 e. The van der Waals surface area contributed by atoms with Crippen molar-refractivity contribution in [3.63, 3.8) is 0 Å². The number of anilines is 1. The van der Waals surface area contributed by atoms with Crippen LogP contribution in [0.15, 0.2) is 33.8 Å². The Kier molecular flexibility index (Phi) is 3.82. The van der Waals surface area contributed by atoms with Gasteiger partial charge in [-0.15, -0.1) is 0 Å². The van der Waals surface area contributed by atoms with Crippen LogP contribution in [0.1, 0.15) is 16.1 Å². The summed E-state index contributed by atoms with van der Waals surface area (Å²) in [7, 11) is -3.78. The Morgan fingerprint density at radius 3 is 2.65 bits per heavy atom. The molecule has 0 amide bonds. The maximum absolute atomic E-state index is 12.1. The zero-order chi connectivity index (χ0) is 14.9. The molecule has 3 N–H and O–H groups in total. The number of aromatic carboxylic acids is 1. The Labute approximate surface area is 123 Å². The van der Waals surface area contributed by atoms with Crippen molar-refractivity contribution in [1.29, 1.82) is 0 Å². The molecule has 0 fully saturated rings. The van der Waals surface area contributed by atoms with Gasteiger partial charge in [-0.2, -0.15) is 5.10 Å². The van der Waals surface area contributed by atoms with Crippen molar-refractivity contribution in [2.75, 3.05) is 4.72 Å². The standard InChI is InChI=1S/C11H10BrN3O4S/c1-6-10(5-13-14-6)20(18,19)15-9-3-2-7(11(16)17)4-8(9)12/h2-5,15H,1H3,(H,13,14)(H,16,17). The number of H-pyrrole nitrogens is 1. The fourth-order valence-corrected chi connectivity index (χ4v) is 3.37. The first-order valence-corrected chi connectivity index (χ1v) is 7.64. The zero-order valence-electron chi connectivity index (χ0n) is 10.2. The van der Waals surface area contributed by atoms with E-state index in [0.29, 0.717) is 10.2 Å². The number of halogens is 1. The second-order valence-corrected chi connectivity index (χ2v) is 6.47. The van der Waals surface area contributed by atoms with Crippen molar-refractivity contribution in [3.05, 3.63) is 40.1 Å². The Bertz CT molecular complexity index is 770. The minimum atomic E-state index is -3.78. The molecule has 1 aromatic heterocycles. The van der Waals surface area contributed by atoms with Gasteiger partial charge in [0.25, 0.3) is 10.0 Å². The lowest BCUT2D eigenvalue weighted by Crippen LogP contribution is -2.14. The predicted molar refractivity (Wildman–Crippen MR) is 75.2 cm³/mol. The summed E-state index contributed by atoms with van der Waals surface area (Å²) in [6, 6.07) is 4.01. The van der Waals surface area contributed by atoms with Gasteiger partial charge in [0.05, 0.1) is 23.1 Å². The number of carboxylic acid groups (broad SMARTS) is 1. The molecule has 7 nitrogen and oxygen atoms in total. The van der Waals surface area contributed by atoms with Gasteiger partial charge in [-0.1, -0.05) is 0 Å². The van der Waals surface area contributed by atoms with Gasteiger partial charge in [0.15, 0.2) is 0 Å². The first kappa shape index (κ1) is 14.5. The Hall–Kier alpha value is -1.87. The summed E-state index contributed by atoms with van der Waals surface area (Å²) >= 11 is 3.14. The molecule has 0 atom stereocenters. The normalized spacial score (nSPS) is 11.3. The Morgan fingerprint density at radius 1 is 1.45 bits per heavy atom. The molecule has 0 bridgehead atoms. The van der Waals surface area contributed by atoms with E-state index in [2.05, 4.69) is 30.8 Å². The fourth-order valence-electron chi connectivity index (χ4n) is 1.54. The lowest BCUT2D eigenvalue weighted by Gasteiger charge is -2.09. The SMILES string of the molecule is Cc1[nH]ncc1S(=O)(=O)Nc1ccc(C(=O)O)cc1Br. The summed E-state index contributed by atoms with van der Waals surface area (Å²) in [6.45, 7) is 1.59. The number of hydrogen-bond acceptors (Lipinski definition) is 4. The van der Waals surface area contributed by atoms with Gasteiger partial charge in [0.1, 0.15) is 4.90 Å². The third-order valence-corrected chi connectivity index (χ3v) is 4.67. The number of aromatic nitrogens is 2.